The molecule has 14 nitrogen and oxygen atoms in total. The number of phosphoric acid groups is 2. The third-order valence-corrected chi connectivity index (χ3v) is 7.87. The summed E-state index contributed by atoms with van der Waals surface area (Å²) in [4.78, 5) is 35.7. The number of hydrogen-bond donors (Lipinski definition) is 3. The Balaban J connectivity index is 1.66. The molecule has 4 unspecified atom stereocenters. The van der Waals surface area contributed by atoms with Gasteiger partial charge < -0.3 is 28.9 Å². The summed E-state index contributed by atoms with van der Waals surface area (Å²) in [5.41, 5.74) is 0.127. The van der Waals surface area contributed by atoms with E-state index in [4.69, 9.17) is 18.5 Å². The maximum Gasteiger partial charge on any atom is 0.481 e. The highest BCUT2D eigenvalue weighted by Gasteiger charge is 2.47. The van der Waals surface area contributed by atoms with Crippen molar-refractivity contribution in [3.05, 3.63) is 64.8 Å². The van der Waals surface area contributed by atoms with Crippen molar-refractivity contribution in [3.63, 3.8) is 0 Å². The molecule has 16 heteroatoms. The molecule has 2 aromatic rings. The minimum atomic E-state index is -5.11. The van der Waals surface area contributed by atoms with E-state index in [1.165, 1.54) is 18.5 Å². The molecule has 0 aliphatic carbocycles. The Kier molecular flexibility index (Phi) is 9.95. The number of quaternary nitrogens is 1. The SMILES string of the molecule is C[N+](C)(C)CCOP(=O)(O)OP(=O)(O)OC[C@H]1OC(n2cccnc2=O)C(OCc2ccccc2)[C@@H]1O. The van der Waals surface area contributed by atoms with Crippen molar-refractivity contribution in [1.82, 2.24) is 9.55 Å². The average Bonchev–Trinajstić information content (AvgIpc) is 3.10. The smallest absolute Gasteiger partial charge is 0.387 e. The molecule has 3 rings (SSSR count). The van der Waals surface area contributed by atoms with E-state index in [0.717, 1.165) is 10.1 Å². The lowest BCUT2D eigenvalue weighted by Gasteiger charge is -2.24. The molecule has 6 atom stereocenters. The Hall–Kier alpha value is -1.80. The second-order valence-electron chi connectivity index (χ2n) is 9.29. The number of nitrogens with zero attached hydrogens (tertiary/aromatic N) is 3. The topological polar surface area (TPSA) is 176 Å². The zero-order valence-electron chi connectivity index (χ0n) is 20.6. The van der Waals surface area contributed by atoms with Gasteiger partial charge in [-0.05, 0) is 11.6 Å². The second kappa shape index (κ2) is 12.4. The van der Waals surface area contributed by atoms with Gasteiger partial charge in [0, 0.05) is 12.4 Å². The lowest BCUT2D eigenvalue weighted by atomic mass is 10.1. The largest absolute Gasteiger partial charge is 0.481 e. The number of hydrogen-bond acceptors (Lipinski definition) is 10. The number of rotatable bonds is 13. The van der Waals surface area contributed by atoms with E-state index in [-0.39, 0.29) is 13.2 Å². The van der Waals surface area contributed by atoms with Gasteiger partial charge in [-0.1, -0.05) is 30.3 Å². The van der Waals surface area contributed by atoms with Gasteiger partial charge in [0.2, 0.25) is 0 Å². The molecule has 1 aromatic heterocycles. The summed E-state index contributed by atoms with van der Waals surface area (Å²) in [6.07, 6.45) is -2.22. The summed E-state index contributed by atoms with van der Waals surface area (Å²) < 4.78 is 51.4. The van der Waals surface area contributed by atoms with E-state index in [1.807, 2.05) is 51.5 Å². The first-order valence-corrected chi connectivity index (χ1v) is 14.2. The van der Waals surface area contributed by atoms with Crippen LogP contribution in [0.5, 0.6) is 0 Å². The Bertz CT molecular complexity index is 1170. The first kappa shape index (κ1) is 29.8. The lowest BCUT2D eigenvalue weighted by Crippen LogP contribution is -2.38. The fraction of sp³-hybridized carbons (Fsp3) is 0.524. The molecule has 37 heavy (non-hydrogen) atoms. The molecule has 0 radical (unpaired) electrons. The fourth-order valence-corrected chi connectivity index (χ4v) is 5.43. The predicted octanol–water partition coefficient (Wildman–Crippen LogP) is 1.04. The van der Waals surface area contributed by atoms with Gasteiger partial charge in [-0.2, -0.15) is 4.31 Å². The van der Waals surface area contributed by atoms with Crippen LogP contribution in [0.1, 0.15) is 11.8 Å². The van der Waals surface area contributed by atoms with Gasteiger partial charge in [0.25, 0.3) is 0 Å². The molecule has 1 aliphatic heterocycles. The number of aliphatic hydroxyl groups excluding tert-OH is 1. The lowest BCUT2D eigenvalue weighted by molar-refractivity contribution is -0.870. The van der Waals surface area contributed by atoms with Gasteiger partial charge >= 0.3 is 21.3 Å². The van der Waals surface area contributed by atoms with Gasteiger partial charge in [-0.15, -0.1) is 0 Å². The molecule has 206 valence electrons. The molecule has 0 bridgehead atoms. The van der Waals surface area contributed by atoms with Crippen LogP contribution in [-0.2, 0) is 38.6 Å². The average molecular weight is 564 g/mol. The highest BCUT2D eigenvalue weighted by Crippen LogP contribution is 2.60. The maximum absolute atomic E-state index is 12.3. The summed E-state index contributed by atoms with van der Waals surface area (Å²) >= 11 is 0. The molecule has 0 spiro atoms. The van der Waals surface area contributed by atoms with E-state index in [0.29, 0.717) is 11.0 Å². The standard InChI is InChI=1S/C21H31N3O11P2/c1-24(2,3)12-13-32-36(27,28)35-37(29,30)33-15-17-18(25)19(31-14-16-8-5-4-6-9-16)20(34-17)23-11-7-10-22-21(23)26/h4-11,17-20,25H,12-15H2,1-3H3,(H-,27,28,29,30)/p+1/t17-,18-,19?,20?/m1/s1. The summed E-state index contributed by atoms with van der Waals surface area (Å²) in [6.45, 7) is -0.550. The van der Waals surface area contributed by atoms with Crippen molar-refractivity contribution in [3.8, 4) is 0 Å². The van der Waals surface area contributed by atoms with Gasteiger partial charge in [0.1, 0.15) is 31.5 Å². The van der Waals surface area contributed by atoms with Crippen molar-refractivity contribution in [1.29, 1.82) is 0 Å². The molecular formula is C21H32N3O11P2+. The fourth-order valence-electron chi connectivity index (χ4n) is 3.36. The quantitative estimate of drug-likeness (QED) is 0.233. The van der Waals surface area contributed by atoms with Crippen LogP contribution in [0.2, 0.25) is 0 Å². The van der Waals surface area contributed by atoms with Crippen molar-refractivity contribution < 1.29 is 51.3 Å². The molecule has 0 amide bonds. The van der Waals surface area contributed by atoms with Crippen LogP contribution in [0, 0.1) is 0 Å². The zero-order chi connectivity index (χ0) is 27.3. The predicted molar refractivity (Wildman–Crippen MR) is 129 cm³/mol. The first-order valence-electron chi connectivity index (χ1n) is 11.2. The third kappa shape index (κ3) is 9.17. The monoisotopic (exact) mass is 564 g/mol. The minimum absolute atomic E-state index is 0.0743. The van der Waals surface area contributed by atoms with Gasteiger partial charge in [0.15, 0.2) is 6.23 Å². The molecular weight excluding hydrogens is 532 g/mol. The Morgan fingerprint density at radius 1 is 1.08 bits per heavy atom. The molecule has 2 heterocycles. The summed E-state index contributed by atoms with van der Waals surface area (Å²) in [5.74, 6) is 0. The van der Waals surface area contributed by atoms with Gasteiger partial charge in [0.05, 0.1) is 34.4 Å². The Morgan fingerprint density at radius 3 is 2.41 bits per heavy atom. The Morgan fingerprint density at radius 2 is 1.76 bits per heavy atom. The third-order valence-electron chi connectivity index (χ3n) is 5.24. The number of benzene rings is 1. The van der Waals surface area contributed by atoms with Crippen LogP contribution >= 0.6 is 15.6 Å². The van der Waals surface area contributed by atoms with E-state index < -0.39 is 52.5 Å². The number of aliphatic hydroxyl groups is 1. The van der Waals surface area contributed by atoms with Crippen LogP contribution in [0.25, 0.3) is 0 Å². The minimum Gasteiger partial charge on any atom is -0.387 e. The van der Waals surface area contributed by atoms with Gasteiger partial charge in [-0.3, -0.25) is 13.6 Å². The van der Waals surface area contributed by atoms with Crippen LogP contribution in [0.3, 0.4) is 0 Å². The highest BCUT2D eigenvalue weighted by atomic mass is 31.3. The molecule has 1 aromatic carbocycles. The number of phosphoric ester groups is 2. The van der Waals surface area contributed by atoms with Gasteiger partial charge in [-0.25, -0.2) is 18.9 Å². The summed E-state index contributed by atoms with van der Waals surface area (Å²) in [5, 5.41) is 10.9. The maximum atomic E-state index is 12.3. The molecule has 3 N–H and O–H groups in total. The van der Waals surface area contributed by atoms with Crippen LogP contribution < -0.4 is 5.69 Å². The van der Waals surface area contributed by atoms with Crippen molar-refractivity contribution in [2.24, 2.45) is 0 Å². The number of ether oxygens (including phenoxy) is 2. The number of likely N-dealkylation sites (N-methyl/N-ethyl adjacent to an activating group) is 1. The number of aromatic nitrogens is 2. The van der Waals surface area contributed by atoms with E-state index in [2.05, 4.69) is 9.29 Å². The molecule has 1 aliphatic rings. The molecule has 1 fully saturated rings. The highest BCUT2D eigenvalue weighted by molar-refractivity contribution is 7.61. The summed E-state index contributed by atoms with van der Waals surface area (Å²) in [7, 11) is -4.58. The van der Waals surface area contributed by atoms with Crippen LogP contribution in [0.15, 0.2) is 53.6 Å². The Labute approximate surface area is 213 Å². The molecule has 0 saturated carbocycles. The van der Waals surface area contributed by atoms with E-state index in [9.17, 15) is 28.8 Å². The normalized spacial score (nSPS) is 25.5. The van der Waals surface area contributed by atoms with E-state index >= 15 is 0 Å². The van der Waals surface area contributed by atoms with Crippen molar-refractivity contribution in [2.75, 3.05) is 40.9 Å². The van der Waals surface area contributed by atoms with E-state index in [1.54, 1.807) is 0 Å². The first-order chi connectivity index (χ1) is 17.3. The van der Waals surface area contributed by atoms with Crippen molar-refractivity contribution in [2.45, 2.75) is 31.1 Å². The second-order valence-corrected chi connectivity index (χ2v) is 12.3. The summed E-state index contributed by atoms with van der Waals surface area (Å²) in [6, 6.07) is 10.6. The van der Waals surface area contributed by atoms with Crippen molar-refractivity contribution >= 4 is 15.6 Å². The zero-order valence-corrected chi connectivity index (χ0v) is 22.4. The van der Waals surface area contributed by atoms with Crippen LogP contribution in [0.4, 0.5) is 0 Å². The molecule has 1 saturated heterocycles. The van der Waals surface area contributed by atoms with Crippen LogP contribution in [-0.4, -0.2) is 88.1 Å².